The van der Waals surface area contributed by atoms with Gasteiger partial charge in [-0.25, -0.2) is 4.79 Å². The fourth-order valence-corrected chi connectivity index (χ4v) is 4.47. The summed E-state index contributed by atoms with van der Waals surface area (Å²) in [5.74, 6) is -0.788. The van der Waals surface area contributed by atoms with Gasteiger partial charge in [0.05, 0.1) is 23.6 Å². The molecule has 0 spiro atoms. The third-order valence-corrected chi connectivity index (χ3v) is 5.79. The first kappa shape index (κ1) is 16.7. The first-order valence-corrected chi connectivity index (χ1v) is 9.06. The third kappa shape index (κ3) is 2.43. The van der Waals surface area contributed by atoms with Crippen LogP contribution in [0, 0.1) is 23.7 Å². The Morgan fingerprint density at radius 2 is 1.68 bits per heavy atom. The molecule has 1 saturated heterocycles. The van der Waals surface area contributed by atoms with Gasteiger partial charge < -0.3 is 9.52 Å². The van der Waals surface area contributed by atoms with E-state index in [1.165, 1.54) is 18.3 Å². The van der Waals surface area contributed by atoms with Crippen molar-refractivity contribution in [3.8, 4) is 11.3 Å². The van der Waals surface area contributed by atoms with Gasteiger partial charge in [-0.3, -0.25) is 9.59 Å². The van der Waals surface area contributed by atoms with Crippen molar-refractivity contribution in [2.75, 3.05) is 0 Å². The van der Waals surface area contributed by atoms with E-state index in [-0.39, 0.29) is 41.0 Å². The SMILES string of the molecule is O=C(O)c1ccc(-c2ccc(C=NN3C(=O)[C@@H]4[C@H](C3=O)[C@H]3C=C[C@H]4C3)o2)cc1. The molecule has 1 N–H and O–H groups in total. The number of carbonyl (C=O) groups excluding carboxylic acids is 2. The molecule has 2 heterocycles. The highest BCUT2D eigenvalue weighted by atomic mass is 16.4. The Morgan fingerprint density at radius 1 is 1.04 bits per heavy atom. The van der Waals surface area contributed by atoms with Gasteiger partial charge >= 0.3 is 5.97 Å². The van der Waals surface area contributed by atoms with E-state index in [1.807, 2.05) is 12.2 Å². The Morgan fingerprint density at radius 3 is 2.29 bits per heavy atom. The van der Waals surface area contributed by atoms with E-state index in [2.05, 4.69) is 5.10 Å². The molecule has 2 aliphatic carbocycles. The molecule has 2 amide bonds. The highest BCUT2D eigenvalue weighted by molar-refractivity contribution is 6.06. The molecule has 4 atom stereocenters. The minimum absolute atomic E-state index is 0.149. The summed E-state index contributed by atoms with van der Waals surface area (Å²) >= 11 is 0. The van der Waals surface area contributed by atoms with Crippen molar-refractivity contribution in [3.05, 3.63) is 59.9 Å². The zero-order chi connectivity index (χ0) is 19.4. The monoisotopic (exact) mass is 376 g/mol. The number of allylic oxidation sites excluding steroid dienone is 2. The van der Waals surface area contributed by atoms with Crippen molar-refractivity contribution in [1.82, 2.24) is 5.01 Å². The lowest BCUT2D eigenvalue weighted by atomic mass is 9.85. The lowest BCUT2D eigenvalue weighted by Gasteiger charge is -2.13. The van der Waals surface area contributed by atoms with Crippen molar-refractivity contribution in [1.29, 1.82) is 0 Å². The predicted molar refractivity (Wildman–Crippen MR) is 98.3 cm³/mol. The summed E-state index contributed by atoms with van der Waals surface area (Å²) in [6, 6.07) is 9.71. The van der Waals surface area contributed by atoms with Gasteiger partial charge in [0.2, 0.25) is 0 Å². The number of carboxylic acids is 1. The molecule has 2 aromatic rings. The number of carboxylic acid groups (broad SMARTS) is 1. The normalized spacial score (nSPS) is 27.9. The smallest absolute Gasteiger partial charge is 0.335 e. The molecule has 0 radical (unpaired) electrons. The average Bonchev–Trinajstić information content (AvgIpc) is 3.46. The zero-order valence-electron chi connectivity index (χ0n) is 14.7. The summed E-state index contributed by atoms with van der Waals surface area (Å²) in [7, 11) is 0. The van der Waals surface area contributed by atoms with Gasteiger partial charge in [0, 0.05) is 5.56 Å². The molecule has 7 nitrogen and oxygen atoms in total. The quantitative estimate of drug-likeness (QED) is 0.502. The summed E-state index contributed by atoms with van der Waals surface area (Å²) in [5, 5.41) is 14.0. The molecular formula is C21H16N2O5. The van der Waals surface area contributed by atoms with E-state index in [0.717, 1.165) is 17.0 Å². The second-order valence-corrected chi connectivity index (χ2v) is 7.32. The van der Waals surface area contributed by atoms with Gasteiger partial charge in [-0.2, -0.15) is 10.1 Å². The fraction of sp³-hybridized carbons (Fsp3) is 0.238. The largest absolute Gasteiger partial charge is 0.478 e. The van der Waals surface area contributed by atoms with Crippen molar-refractivity contribution in [3.63, 3.8) is 0 Å². The molecule has 1 saturated carbocycles. The van der Waals surface area contributed by atoms with E-state index in [1.54, 1.807) is 24.3 Å². The highest BCUT2D eigenvalue weighted by Gasteiger charge is 2.59. The van der Waals surface area contributed by atoms with E-state index in [9.17, 15) is 14.4 Å². The Bertz CT molecular complexity index is 1020. The van der Waals surface area contributed by atoms with Gasteiger partial charge in [-0.05, 0) is 42.5 Å². The number of imide groups is 1. The maximum absolute atomic E-state index is 12.6. The number of fused-ring (bicyclic) bond motifs is 5. The first-order chi connectivity index (χ1) is 13.5. The van der Waals surface area contributed by atoms with Crippen LogP contribution in [0.5, 0.6) is 0 Å². The van der Waals surface area contributed by atoms with E-state index < -0.39 is 5.97 Å². The number of aromatic carboxylic acids is 1. The molecule has 1 aliphatic heterocycles. The van der Waals surface area contributed by atoms with Crippen LogP contribution in [0.3, 0.4) is 0 Å². The van der Waals surface area contributed by atoms with Crippen LogP contribution < -0.4 is 0 Å². The molecular weight excluding hydrogens is 360 g/mol. The highest BCUT2D eigenvalue weighted by Crippen LogP contribution is 2.52. The van der Waals surface area contributed by atoms with Crippen LogP contribution in [0.4, 0.5) is 0 Å². The van der Waals surface area contributed by atoms with Crippen LogP contribution in [0.1, 0.15) is 22.5 Å². The van der Waals surface area contributed by atoms with E-state index in [4.69, 9.17) is 9.52 Å². The first-order valence-electron chi connectivity index (χ1n) is 9.06. The molecule has 7 heteroatoms. The van der Waals surface area contributed by atoms with Crippen molar-refractivity contribution in [2.24, 2.45) is 28.8 Å². The van der Waals surface area contributed by atoms with Crippen LogP contribution in [0.15, 0.2) is 58.1 Å². The van der Waals surface area contributed by atoms with Gasteiger partial charge in [0.15, 0.2) is 0 Å². The molecule has 1 aromatic carbocycles. The summed E-state index contributed by atoms with van der Waals surface area (Å²) < 4.78 is 5.69. The molecule has 0 unspecified atom stereocenters. The zero-order valence-corrected chi connectivity index (χ0v) is 14.7. The van der Waals surface area contributed by atoms with Crippen molar-refractivity contribution < 1.29 is 23.9 Å². The number of hydrogen-bond donors (Lipinski definition) is 1. The number of furan rings is 1. The summed E-state index contributed by atoms with van der Waals surface area (Å²) in [5.41, 5.74) is 0.910. The lowest BCUT2D eigenvalue weighted by molar-refractivity contribution is -0.140. The summed E-state index contributed by atoms with van der Waals surface area (Å²) in [6.07, 6.45) is 6.32. The van der Waals surface area contributed by atoms with Crippen molar-refractivity contribution in [2.45, 2.75) is 6.42 Å². The fourth-order valence-electron chi connectivity index (χ4n) is 4.47. The minimum Gasteiger partial charge on any atom is -0.478 e. The maximum Gasteiger partial charge on any atom is 0.335 e. The molecule has 28 heavy (non-hydrogen) atoms. The number of carbonyl (C=O) groups is 3. The Balaban J connectivity index is 1.33. The number of hydrazone groups is 1. The minimum atomic E-state index is -0.993. The van der Waals surface area contributed by atoms with Gasteiger partial charge in [0.25, 0.3) is 11.8 Å². The summed E-state index contributed by atoms with van der Waals surface area (Å²) in [4.78, 5) is 36.1. The number of benzene rings is 1. The van der Waals surface area contributed by atoms with E-state index in [0.29, 0.717) is 11.5 Å². The number of hydrogen-bond acceptors (Lipinski definition) is 5. The molecule has 140 valence electrons. The van der Waals surface area contributed by atoms with Gasteiger partial charge in [-0.15, -0.1) is 0 Å². The van der Waals surface area contributed by atoms with Crippen molar-refractivity contribution >= 4 is 24.0 Å². The molecule has 5 rings (SSSR count). The standard InChI is InChI=1S/C21H16N2O5/c24-19-17-13-5-6-14(9-13)18(17)20(25)23(19)22-10-15-7-8-16(28-15)11-1-3-12(4-2-11)21(26)27/h1-8,10,13-14,17-18H,9H2,(H,26,27)/t13-,14-,17-,18+/m0/s1. The average molecular weight is 376 g/mol. The van der Waals surface area contributed by atoms with Crippen LogP contribution in [-0.4, -0.2) is 34.1 Å². The van der Waals surface area contributed by atoms with Crippen LogP contribution in [-0.2, 0) is 9.59 Å². The Kier molecular flexibility index (Phi) is 3.58. The summed E-state index contributed by atoms with van der Waals surface area (Å²) in [6.45, 7) is 0. The molecule has 2 fully saturated rings. The topological polar surface area (TPSA) is 100 Å². The molecule has 2 bridgehead atoms. The number of rotatable bonds is 4. The molecule has 3 aliphatic rings. The Hall–Kier alpha value is -3.48. The number of nitrogens with zero attached hydrogens (tertiary/aromatic N) is 2. The van der Waals surface area contributed by atoms with Crippen LogP contribution >= 0.6 is 0 Å². The third-order valence-electron chi connectivity index (χ3n) is 5.79. The second-order valence-electron chi connectivity index (χ2n) is 7.32. The van der Waals surface area contributed by atoms with Crippen LogP contribution in [0.25, 0.3) is 11.3 Å². The Labute approximate surface area is 159 Å². The van der Waals surface area contributed by atoms with E-state index >= 15 is 0 Å². The molecule has 1 aromatic heterocycles. The number of amides is 2. The second kappa shape index (κ2) is 6.02. The lowest BCUT2D eigenvalue weighted by Crippen LogP contribution is -2.28. The maximum atomic E-state index is 12.6. The van der Waals surface area contributed by atoms with Crippen LogP contribution in [0.2, 0.25) is 0 Å². The van der Waals surface area contributed by atoms with Gasteiger partial charge in [-0.1, -0.05) is 24.3 Å². The predicted octanol–water partition coefficient (Wildman–Crippen LogP) is 2.79. The van der Waals surface area contributed by atoms with Gasteiger partial charge in [0.1, 0.15) is 11.5 Å².